The number of ether oxygens (including phenoxy) is 1. The fourth-order valence-corrected chi connectivity index (χ4v) is 4.39. The molecule has 1 aliphatic heterocycles. The van der Waals surface area contributed by atoms with Gasteiger partial charge in [-0.25, -0.2) is 0 Å². The highest BCUT2D eigenvalue weighted by Crippen LogP contribution is 2.39. The fourth-order valence-electron chi connectivity index (χ4n) is 2.60. The van der Waals surface area contributed by atoms with Crippen LogP contribution in [0.2, 0.25) is 5.02 Å². The fraction of sp³-hybridized carbons (Fsp3) is 0.571. The molecule has 1 saturated heterocycles. The highest BCUT2D eigenvalue weighted by molar-refractivity contribution is 7.86. The van der Waals surface area contributed by atoms with Crippen LogP contribution in [0.5, 0.6) is 0 Å². The van der Waals surface area contributed by atoms with Gasteiger partial charge in [0.05, 0.1) is 13.2 Å². The molecule has 136 valence electrons. The van der Waals surface area contributed by atoms with Crippen LogP contribution in [0.25, 0.3) is 0 Å². The Labute approximate surface area is 144 Å². The third-order valence-corrected chi connectivity index (χ3v) is 6.15. The molecule has 1 aromatic carbocycles. The number of rotatable bonds is 4. The number of halogens is 4. The minimum atomic E-state index is -4.77. The van der Waals surface area contributed by atoms with E-state index in [2.05, 4.69) is 0 Å². The van der Waals surface area contributed by atoms with Crippen LogP contribution < -0.4 is 0 Å². The number of nitrogens with zero attached hydrogens (tertiary/aromatic N) is 2. The van der Waals surface area contributed by atoms with E-state index in [9.17, 15) is 21.6 Å². The van der Waals surface area contributed by atoms with Crippen LogP contribution in [0.15, 0.2) is 24.3 Å². The van der Waals surface area contributed by atoms with Gasteiger partial charge in [0, 0.05) is 24.7 Å². The van der Waals surface area contributed by atoms with Gasteiger partial charge in [0.2, 0.25) is 0 Å². The number of alkyl halides is 3. The van der Waals surface area contributed by atoms with Crippen LogP contribution in [0.3, 0.4) is 0 Å². The second-order valence-electron chi connectivity index (χ2n) is 5.55. The summed E-state index contributed by atoms with van der Waals surface area (Å²) in [6.07, 6.45) is -4.77. The van der Waals surface area contributed by atoms with Crippen molar-refractivity contribution in [1.82, 2.24) is 8.61 Å². The van der Waals surface area contributed by atoms with Crippen LogP contribution in [0.4, 0.5) is 13.2 Å². The molecule has 0 aliphatic carbocycles. The minimum absolute atomic E-state index is 0.0129. The van der Waals surface area contributed by atoms with Gasteiger partial charge in [-0.05, 0) is 24.6 Å². The quantitative estimate of drug-likeness (QED) is 0.799. The Balaban J connectivity index is 2.40. The Morgan fingerprint density at radius 1 is 1.33 bits per heavy atom. The lowest BCUT2D eigenvalue weighted by molar-refractivity contribution is -0.171. The molecule has 1 aromatic rings. The highest BCUT2D eigenvalue weighted by atomic mass is 35.5. The number of morpholine rings is 1. The van der Waals surface area contributed by atoms with E-state index >= 15 is 0 Å². The molecule has 24 heavy (non-hydrogen) atoms. The highest BCUT2D eigenvalue weighted by Gasteiger charge is 2.49. The van der Waals surface area contributed by atoms with Crippen LogP contribution in [-0.4, -0.2) is 56.1 Å². The van der Waals surface area contributed by atoms with E-state index in [1.807, 2.05) is 0 Å². The van der Waals surface area contributed by atoms with Gasteiger partial charge in [0.25, 0.3) is 10.2 Å². The summed E-state index contributed by atoms with van der Waals surface area (Å²) < 4.78 is 72.6. The Bertz CT molecular complexity index is 667. The average molecular weight is 387 g/mol. The number of hydrogen-bond donors (Lipinski definition) is 0. The van der Waals surface area contributed by atoms with E-state index < -0.39 is 28.5 Å². The SMILES string of the molecule is C[C@@H]1COCCN1S(=O)(=O)N(C)[C@H](c1ccc(Cl)cc1)C(F)(F)F. The van der Waals surface area contributed by atoms with Crippen molar-refractivity contribution < 1.29 is 26.3 Å². The van der Waals surface area contributed by atoms with Crippen molar-refractivity contribution in [2.24, 2.45) is 0 Å². The predicted octanol–water partition coefficient (Wildman–Crippen LogP) is 2.84. The Morgan fingerprint density at radius 2 is 1.92 bits per heavy atom. The summed E-state index contributed by atoms with van der Waals surface area (Å²) in [6.45, 7) is 1.90. The third kappa shape index (κ3) is 4.02. The van der Waals surface area contributed by atoms with Gasteiger partial charge < -0.3 is 4.74 Å². The lowest BCUT2D eigenvalue weighted by Gasteiger charge is -2.38. The van der Waals surface area contributed by atoms with Gasteiger partial charge in [0.1, 0.15) is 6.04 Å². The molecule has 5 nitrogen and oxygen atoms in total. The van der Waals surface area contributed by atoms with E-state index in [1.165, 1.54) is 24.3 Å². The second kappa shape index (κ2) is 7.17. The zero-order valence-electron chi connectivity index (χ0n) is 13.1. The van der Waals surface area contributed by atoms with Crippen molar-refractivity contribution in [1.29, 1.82) is 0 Å². The lowest BCUT2D eigenvalue weighted by Crippen LogP contribution is -2.54. The van der Waals surface area contributed by atoms with Crippen molar-refractivity contribution in [3.05, 3.63) is 34.9 Å². The van der Waals surface area contributed by atoms with E-state index in [4.69, 9.17) is 16.3 Å². The van der Waals surface area contributed by atoms with Gasteiger partial charge in [-0.1, -0.05) is 23.7 Å². The van der Waals surface area contributed by atoms with Gasteiger partial charge >= 0.3 is 6.18 Å². The molecule has 1 fully saturated rings. The topological polar surface area (TPSA) is 49.9 Å². The van der Waals surface area contributed by atoms with Crippen molar-refractivity contribution >= 4 is 21.8 Å². The molecule has 0 bridgehead atoms. The molecule has 0 aromatic heterocycles. The standard InChI is InChI=1S/C14H18ClF3N2O3S/c1-10-9-23-8-7-20(10)24(21,22)19(2)13(14(16,17)18)11-3-5-12(15)6-4-11/h3-6,10,13H,7-9H2,1-2H3/t10-,13-/m1/s1. The zero-order chi connectivity index (χ0) is 18.1. The summed E-state index contributed by atoms with van der Waals surface area (Å²) in [5.41, 5.74) is -0.195. The maximum absolute atomic E-state index is 13.6. The molecule has 2 atom stereocenters. The van der Waals surface area contributed by atoms with Crippen molar-refractivity contribution in [3.8, 4) is 0 Å². The number of benzene rings is 1. The van der Waals surface area contributed by atoms with Crippen molar-refractivity contribution in [2.75, 3.05) is 26.8 Å². The van der Waals surface area contributed by atoms with E-state index in [-0.39, 0.29) is 30.3 Å². The number of hydrogen-bond acceptors (Lipinski definition) is 3. The second-order valence-corrected chi connectivity index (χ2v) is 7.93. The monoisotopic (exact) mass is 386 g/mol. The first kappa shape index (κ1) is 19.5. The molecule has 0 radical (unpaired) electrons. The van der Waals surface area contributed by atoms with Crippen molar-refractivity contribution in [3.63, 3.8) is 0 Å². The molecule has 1 heterocycles. The summed E-state index contributed by atoms with van der Waals surface area (Å²) in [6, 6.07) is 2.12. The molecule has 2 rings (SSSR count). The average Bonchev–Trinajstić information content (AvgIpc) is 2.48. The molecular weight excluding hydrogens is 369 g/mol. The Morgan fingerprint density at radius 3 is 2.42 bits per heavy atom. The zero-order valence-corrected chi connectivity index (χ0v) is 14.7. The van der Waals surface area contributed by atoms with Gasteiger partial charge in [-0.3, -0.25) is 0 Å². The first-order valence-corrected chi connectivity index (χ1v) is 8.97. The summed E-state index contributed by atoms with van der Waals surface area (Å²) >= 11 is 5.71. The van der Waals surface area contributed by atoms with Crippen LogP contribution >= 0.6 is 11.6 Å². The first-order valence-electron chi connectivity index (χ1n) is 7.20. The van der Waals surface area contributed by atoms with Crippen molar-refractivity contribution in [2.45, 2.75) is 25.2 Å². The van der Waals surface area contributed by atoms with E-state index in [0.29, 0.717) is 4.31 Å². The maximum atomic E-state index is 13.6. The minimum Gasteiger partial charge on any atom is -0.378 e. The third-order valence-electron chi connectivity index (χ3n) is 3.83. The largest absolute Gasteiger partial charge is 0.409 e. The van der Waals surface area contributed by atoms with Crippen LogP contribution in [0, 0.1) is 0 Å². The van der Waals surface area contributed by atoms with E-state index in [0.717, 1.165) is 11.4 Å². The normalized spacial score (nSPS) is 21.9. The summed E-state index contributed by atoms with van der Waals surface area (Å²) in [5, 5.41) is 0.270. The smallest absolute Gasteiger partial charge is 0.378 e. The lowest BCUT2D eigenvalue weighted by atomic mass is 10.1. The van der Waals surface area contributed by atoms with Gasteiger partial charge in [-0.2, -0.15) is 30.2 Å². The molecule has 0 amide bonds. The van der Waals surface area contributed by atoms with Crippen LogP contribution in [-0.2, 0) is 14.9 Å². The molecule has 0 N–H and O–H groups in total. The maximum Gasteiger partial charge on any atom is 0.409 e. The summed E-state index contributed by atoms with van der Waals surface area (Å²) in [7, 11) is -3.38. The Hall–Kier alpha value is -0.870. The van der Waals surface area contributed by atoms with Gasteiger partial charge in [-0.15, -0.1) is 0 Å². The predicted molar refractivity (Wildman–Crippen MR) is 83.9 cm³/mol. The molecule has 10 heteroatoms. The molecule has 0 unspecified atom stereocenters. The molecule has 0 saturated carbocycles. The first-order chi connectivity index (χ1) is 11.0. The van der Waals surface area contributed by atoms with E-state index in [1.54, 1.807) is 6.92 Å². The summed E-state index contributed by atoms with van der Waals surface area (Å²) in [5.74, 6) is 0. The van der Waals surface area contributed by atoms with Gasteiger partial charge in [0.15, 0.2) is 0 Å². The van der Waals surface area contributed by atoms with Crippen LogP contribution in [0.1, 0.15) is 18.5 Å². The molecule has 0 spiro atoms. The Kier molecular flexibility index (Phi) is 5.81. The molecule has 1 aliphatic rings. The summed E-state index contributed by atoms with van der Waals surface area (Å²) in [4.78, 5) is 0. The molecular formula is C14H18ClF3N2O3S.